The van der Waals surface area contributed by atoms with Crippen LogP contribution in [0, 0.1) is 0 Å². The number of rotatable bonds is 1. The Morgan fingerprint density at radius 3 is 3.20 bits per heavy atom. The van der Waals surface area contributed by atoms with E-state index in [4.69, 9.17) is 9.47 Å². The molecule has 2 bridgehead atoms. The minimum Gasteiger partial charge on any atom is -0.456 e. The van der Waals surface area contributed by atoms with Crippen LogP contribution in [-0.4, -0.2) is 47.2 Å². The van der Waals surface area contributed by atoms with Crippen LogP contribution in [0.4, 0.5) is 0 Å². The highest BCUT2D eigenvalue weighted by Crippen LogP contribution is 2.49. The van der Waals surface area contributed by atoms with E-state index in [0.717, 1.165) is 25.0 Å². The van der Waals surface area contributed by atoms with Crippen molar-refractivity contribution in [2.75, 3.05) is 6.54 Å². The number of piperidine rings is 1. The lowest BCUT2D eigenvalue weighted by Crippen LogP contribution is -2.65. The molecule has 1 spiro atoms. The van der Waals surface area contributed by atoms with E-state index in [1.54, 1.807) is 0 Å². The fourth-order valence-corrected chi connectivity index (χ4v) is 4.24. The summed E-state index contributed by atoms with van der Waals surface area (Å²) < 4.78 is 11.3. The summed E-state index contributed by atoms with van der Waals surface area (Å²) in [6.07, 6.45) is 8.02. The average molecular weight is 275 g/mol. The molecule has 0 amide bonds. The molecule has 5 heteroatoms. The Bertz CT molecular complexity index is 552. The van der Waals surface area contributed by atoms with Gasteiger partial charge in [-0.1, -0.05) is 12.2 Å². The summed E-state index contributed by atoms with van der Waals surface area (Å²) in [6, 6.07) is 0.425. The third kappa shape index (κ3) is 1.47. The van der Waals surface area contributed by atoms with E-state index in [1.165, 1.54) is 13.0 Å². The predicted molar refractivity (Wildman–Crippen MR) is 69.7 cm³/mol. The van der Waals surface area contributed by atoms with Gasteiger partial charge in [-0.2, -0.15) is 0 Å². The molecule has 0 saturated carbocycles. The maximum atomic E-state index is 11.7. The number of hydrogen-bond donors (Lipinski definition) is 0. The topological polar surface area (TPSA) is 55.8 Å². The van der Waals surface area contributed by atoms with E-state index in [-0.39, 0.29) is 30.1 Å². The van der Waals surface area contributed by atoms with Gasteiger partial charge in [-0.05, 0) is 19.4 Å². The van der Waals surface area contributed by atoms with Crippen molar-refractivity contribution >= 4 is 11.9 Å². The van der Waals surface area contributed by atoms with Gasteiger partial charge in [0.1, 0.15) is 0 Å². The van der Waals surface area contributed by atoms with E-state index in [0.29, 0.717) is 6.42 Å². The molecule has 0 aromatic carbocycles. The van der Waals surface area contributed by atoms with Gasteiger partial charge in [0.05, 0.1) is 6.04 Å². The largest absolute Gasteiger partial charge is 0.456 e. The fraction of sp³-hybridized carbons (Fsp3) is 0.600. The lowest BCUT2D eigenvalue weighted by molar-refractivity contribution is -0.191. The number of carbonyl (C=O) groups excluding carboxylic acids is 2. The predicted octanol–water partition coefficient (Wildman–Crippen LogP) is 0.947. The molecular weight excluding hydrogens is 258 g/mol. The van der Waals surface area contributed by atoms with Gasteiger partial charge in [-0.25, -0.2) is 4.79 Å². The molecule has 0 aromatic heterocycles. The number of nitrogens with zero attached hydrogens (tertiary/aromatic N) is 1. The summed E-state index contributed by atoms with van der Waals surface area (Å²) in [5.74, 6) is -0.638. The highest BCUT2D eigenvalue weighted by molar-refractivity contribution is 5.88. The van der Waals surface area contributed by atoms with Crippen molar-refractivity contribution in [1.29, 1.82) is 0 Å². The van der Waals surface area contributed by atoms with Crippen LogP contribution in [0.25, 0.3) is 0 Å². The number of esters is 2. The fourth-order valence-electron chi connectivity index (χ4n) is 4.24. The molecule has 0 radical (unpaired) electrons. The van der Waals surface area contributed by atoms with Gasteiger partial charge in [-0.15, -0.1) is 0 Å². The molecule has 4 rings (SSSR count). The van der Waals surface area contributed by atoms with Crippen LogP contribution < -0.4 is 0 Å². The normalized spacial score (nSPS) is 41.8. The van der Waals surface area contributed by atoms with E-state index in [9.17, 15) is 9.59 Å². The van der Waals surface area contributed by atoms with E-state index >= 15 is 0 Å². The van der Waals surface area contributed by atoms with Gasteiger partial charge >= 0.3 is 11.9 Å². The Labute approximate surface area is 117 Å². The van der Waals surface area contributed by atoms with Crippen molar-refractivity contribution in [3.63, 3.8) is 0 Å². The molecule has 1 aliphatic carbocycles. The zero-order chi connectivity index (χ0) is 13.9. The zero-order valence-corrected chi connectivity index (χ0v) is 11.4. The number of ether oxygens (including phenoxy) is 2. The Kier molecular flexibility index (Phi) is 2.40. The Balaban J connectivity index is 1.81. The third-order valence-corrected chi connectivity index (χ3v) is 4.93. The van der Waals surface area contributed by atoms with E-state index in [2.05, 4.69) is 11.0 Å². The van der Waals surface area contributed by atoms with Crippen LogP contribution in [0.1, 0.15) is 26.2 Å². The van der Waals surface area contributed by atoms with Gasteiger partial charge in [0.15, 0.2) is 11.7 Å². The van der Waals surface area contributed by atoms with Gasteiger partial charge in [0.25, 0.3) is 0 Å². The molecular formula is C15H17NO4. The Morgan fingerprint density at radius 1 is 1.55 bits per heavy atom. The first kappa shape index (κ1) is 12.1. The first-order chi connectivity index (χ1) is 9.60. The molecule has 5 nitrogen and oxygen atoms in total. The van der Waals surface area contributed by atoms with Crippen LogP contribution >= 0.6 is 0 Å². The molecule has 2 fully saturated rings. The summed E-state index contributed by atoms with van der Waals surface area (Å²) in [5.41, 5.74) is 0.102. The average Bonchev–Trinajstić information content (AvgIpc) is 2.97. The Hall–Kier alpha value is -1.62. The van der Waals surface area contributed by atoms with E-state index in [1.807, 2.05) is 6.08 Å². The lowest BCUT2D eigenvalue weighted by Gasteiger charge is -2.52. The minimum absolute atomic E-state index is 0.150. The van der Waals surface area contributed by atoms with Gasteiger partial charge in [0.2, 0.25) is 0 Å². The summed E-state index contributed by atoms with van der Waals surface area (Å²) in [4.78, 5) is 25.6. The van der Waals surface area contributed by atoms with Crippen LogP contribution in [0.2, 0.25) is 0 Å². The number of hydrogen-bond acceptors (Lipinski definition) is 5. The zero-order valence-electron chi connectivity index (χ0n) is 11.4. The second-order valence-corrected chi connectivity index (χ2v) is 6.02. The standard InChI is InChI=1S/C15H17NO4/c1-9(17)19-14-12-3-2-6-16(12)11-5-4-10-7-13(18)20-15(10,14)8-11/h4-5,7,11-12,14H,2-3,6,8H2,1H3/t11-,12-,14-,15+/m1/s1. The monoisotopic (exact) mass is 275 g/mol. The minimum atomic E-state index is -0.756. The molecule has 0 N–H and O–H groups in total. The molecule has 20 heavy (non-hydrogen) atoms. The van der Waals surface area contributed by atoms with Crippen LogP contribution in [0.5, 0.6) is 0 Å². The molecule has 0 aromatic rings. The van der Waals surface area contributed by atoms with Crippen molar-refractivity contribution in [3.05, 3.63) is 23.8 Å². The molecule has 3 heterocycles. The van der Waals surface area contributed by atoms with Crippen molar-refractivity contribution in [3.8, 4) is 0 Å². The number of fused-ring (bicyclic) bond motifs is 3. The molecule has 3 aliphatic heterocycles. The highest BCUT2D eigenvalue weighted by atomic mass is 16.6. The maximum absolute atomic E-state index is 11.7. The quantitative estimate of drug-likeness (QED) is 0.667. The Morgan fingerprint density at radius 2 is 2.40 bits per heavy atom. The first-order valence-corrected chi connectivity index (χ1v) is 7.16. The molecule has 0 unspecified atom stereocenters. The van der Waals surface area contributed by atoms with Gasteiger partial charge in [0, 0.05) is 31.0 Å². The summed E-state index contributed by atoms with van der Waals surface area (Å²) in [6.45, 7) is 2.43. The van der Waals surface area contributed by atoms with Crippen molar-refractivity contribution in [1.82, 2.24) is 4.90 Å². The van der Waals surface area contributed by atoms with Gasteiger partial charge < -0.3 is 9.47 Å². The summed E-state index contributed by atoms with van der Waals surface area (Å²) >= 11 is 0. The smallest absolute Gasteiger partial charge is 0.332 e. The van der Waals surface area contributed by atoms with E-state index < -0.39 is 5.60 Å². The third-order valence-electron chi connectivity index (χ3n) is 4.93. The molecule has 2 saturated heterocycles. The van der Waals surface area contributed by atoms with Crippen molar-refractivity contribution in [2.45, 2.75) is 50.0 Å². The summed E-state index contributed by atoms with van der Waals surface area (Å²) in [5, 5.41) is 0. The second kappa shape index (κ2) is 3.95. The van der Waals surface area contributed by atoms with Crippen LogP contribution in [-0.2, 0) is 19.1 Å². The van der Waals surface area contributed by atoms with Gasteiger partial charge in [-0.3, -0.25) is 9.69 Å². The lowest BCUT2D eigenvalue weighted by atomic mass is 9.72. The second-order valence-electron chi connectivity index (χ2n) is 6.02. The van der Waals surface area contributed by atoms with Crippen molar-refractivity contribution in [2.24, 2.45) is 0 Å². The van der Waals surface area contributed by atoms with Crippen molar-refractivity contribution < 1.29 is 19.1 Å². The molecule has 106 valence electrons. The maximum Gasteiger partial charge on any atom is 0.332 e. The SMILES string of the molecule is CC(=O)O[C@@H]1[C@H]2CCCN2[C@@H]2C=CC3=CC(=O)O[C@@]31C2. The number of carbonyl (C=O) groups is 2. The molecule has 4 aliphatic rings. The highest BCUT2D eigenvalue weighted by Gasteiger charge is 2.61. The van der Waals surface area contributed by atoms with Crippen LogP contribution in [0.15, 0.2) is 23.8 Å². The first-order valence-electron chi connectivity index (χ1n) is 7.16. The van der Waals surface area contributed by atoms with Crippen LogP contribution in [0.3, 0.4) is 0 Å². The molecule has 4 atom stereocenters. The summed E-state index contributed by atoms with van der Waals surface area (Å²) in [7, 11) is 0.